The Morgan fingerprint density at radius 2 is 1.76 bits per heavy atom. The molecule has 2 heterocycles. The number of hydrogen-bond acceptors (Lipinski definition) is 7. The third kappa shape index (κ3) is 4.32. The van der Waals surface area contributed by atoms with Crippen LogP contribution in [-0.4, -0.2) is 53.6 Å². The third-order valence-corrected chi connectivity index (χ3v) is 7.66. The molecule has 2 rings (SSSR count). The molecule has 0 amide bonds. The number of nitrogens with one attached hydrogen (secondary N) is 1. The Hall–Kier alpha value is -1.18. The van der Waals surface area contributed by atoms with Crippen molar-refractivity contribution in [1.82, 2.24) is 10.4 Å². The van der Waals surface area contributed by atoms with Crippen molar-refractivity contribution >= 4 is 11.9 Å². The molecule has 0 bridgehead atoms. The van der Waals surface area contributed by atoms with Crippen LogP contribution in [0.1, 0.15) is 81.1 Å². The molecule has 0 aromatic heterocycles. The van der Waals surface area contributed by atoms with Gasteiger partial charge in [0.25, 0.3) is 0 Å². The first kappa shape index (κ1) is 24.1. The van der Waals surface area contributed by atoms with Gasteiger partial charge in [0, 0.05) is 38.1 Å². The highest BCUT2D eigenvalue weighted by molar-refractivity contribution is 5.66. The van der Waals surface area contributed by atoms with Crippen molar-refractivity contribution in [1.29, 1.82) is 0 Å². The van der Waals surface area contributed by atoms with Gasteiger partial charge < -0.3 is 14.3 Å². The van der Waals surface area contributed by atoms with Crippen molar-refractivity contribution < 1.29 is 23.9 Å². The van der Waals surface area contributed by atoms with E-state index < -0.39 is 5.72 Å². The molecular formula is C22H40N2O5. The second-order valence-corrected chi connectivity index (χ2v) is 9.50. The van der Waals surface area contributed by atoms with Gasteiger partial charge in [-0.25, -0.2) is 0 Å². The van der Waals surface area contributed by atoms with Crippen LogP contribution >= 0.6 is 0 Å². The van der Waals surface area contributed by atoms with Crippen LogP contribution in [0.15, 0.2) is 0 Å². The van der Waals surface area contributed by atoms with Crippen LogP contribution in [-0.2, 0) is 23.9 Å². The first-order valence-electron chi connectivity index (χ1n) is 10.9. The minimum Gasteiger partial charge on any atom is -0.465 e. The lowest BCUT2D eigenvalue weighted by molar-refractivity contribution is -0.336. The molecule has 0 aromatic carbocycles. The fourth-order valence-corrected chi connectivity index (χ4v) is 4.94. The number of esters is 1. The molecule has 2 aliphatic rings. The van der Waals surface area contributed by atoms with Gasteiger partial charge in [0.1, 0.15) is 12.3 Å². The van der Waals surface area contributed by atoms with Crippen molar-refractivity contribution in [3.8, 4) is 0 Å². The number of hydrogen-bond donors (Lipinski definition) is 1. The molecule has 0 radical (unpaired) electrons. The first-order chi connectivity index (χ1) is 13.4. The smallest absolute Gasteiger partial charge is 0.322 e. The number of carbonyl (C=O) groups is 2. The summed E-state index contributed by atoms with van der Waals surface area (Å²) in [6.45, 7) is 17.3. The van der Waals surface area contributed by atoms with Gasteiger partial charge in [0.15, 0.2) is 0 Å². The summed E-state index contributed by atoms with van der Waals surface area (Å²) < 4.78 is 12.0. The third-order valence-electron chi connectivity index (χ3n) is 7.66. The van der Waals surface area contributed by atoms with E-state index in [0.717, 1.165) is 19.3 Å². The molecule has 7 nitrogen and oxygen atoms in total. The summed E-state index contributed by atoms with van der Waals surface area (Å²) in [5, 5.41) is 5.66. The van der Waals surface area contributed by atoms with Gasteiger partial charge in [-0.2, -0.15) is 0 Å². The maximum atomic E-state index is 11.9. The normalized spacial score (nSPS) is 40.6. The van der Waals surface area contributed by atoms with Crippen LogP contribution in [0.4, 0.5) is 0 Å². The highest BCUT2D eigenvalue weighted by Crippen LogP contribution is 2.52. The lowest BCUT2D eigenvalue weighted by Crippen LogP contribution is -2.77. The van der Waals surface area contributed by atoms with Crippen molar-refractivity contribution in [3.05, 3.63) is 0 Å². The zero-order chi connectivity index (χ0) is 22.1. The fourth-order valence-electron chi connectivity index (χ4n) is 4.94. The molecule has 1 N–H and O–H groups in total. The van der Waals surface area contributed by atoms with Crippen LogP contribution in [0.5, 0.6) is 0 Å². The van der Waals surface area contributed by atoms with E-state index in [0.29, 0.717) is 26.2 Å². The number of rotatable bonds is 6. The van der Waals surface area contributed by atoms with Crippen molar-refractivity contribution in [2.24, 2.45) is 11.3 Å². The van der Waals surface area contributed by atoms with Gasteiger partial charge in [-0.15, -0.1) is 5.06 Å². The van der Waals surface area contributed by atoms with Gasteiger partial charge in [-0.3, -0.25) is 14.9 Å². The molecule has 29 heavy (non-hydrogen) atoms. The van der Waals surface area contributed by atoms with Crippen molar-refractivity contribution in [2.45, 2.75) is 97.9 Å². The topological polar surface area (TPSA) is 77.1 Å². The average Bonchev–Trinajstić information content (AvgIpc) is 2.69. The quantitative estimate of drug-likeness (QED) is 0.670. The van der Waals surface area contributed by atoms with E-state index in [1.165, 1.54) is 13.8 Å². The maximum absolute atomic E-state index is 11.9. The largest absolute Gasteiger partial charge is 0.465 e. The summed E-state index contributed by atoms with van der Waals surface area (Å²) in [7, 11) is 0. The Bertz CT molecular complexity index is 616. The Morgan fingerprint density at radius 1 is 1.10 bits per heavy atom. The number of nitrogens with zero attached hydrogens (tertiary/aromatic N) is 1. The second-order valence-electron chi connectivity index (χ2n) is 9.50. The predicted octanol–water partition coefficient (Wildman–Crippen LogP) is 3.42. The molecule has 2 fully saturated rings. The highest BCUT2D eigenvalue weighted by atomic mass is 16.7. The minimum atomic E-state index is -0.527. The molecule has 0 aliphatic carbocycles. The van der Waals surface area contributed by atoms with Crippen molar-refractivity contribution in [3.63, 3.8) is 0 Å². The molecular weight excluding hydrogens is 372 g/mol. The van der Waals surface area contributed by atoms with Crippen LogP contribution in [0, 0.1) is 11.3 Å². The van der Waals surface area contributed by atoms with Crippen LogP contribution < -0.4 is 5.32 Å². The van der Waals surface area contributed by atoms with E-state index in [1.54, 1.807) is 0 Å². The average molecular weight is 413 g/mol. The Labute approximate surface area is 175 Å². The second kappa shape index (κ2) is 8.52. The lowest BCUT2D eigenvalue weighted by atomic mass is 9.65. The van der Waals surface area contributed by atoms with E-state index in [9.17, 15) is 9.59 Å². The standard InChI is InChI=1S/C22H40N2O5/c1-9-19(7)12-22(16(4)20(8,10-2)24(19)29-18(6)26)23-13-21(11-3,15-28-22)14-27-17(5)25/h16,23H,9-15H2,1-8H3. The molecule has 7 heteroatoms. The molecule has 168 valence electrons. The molecule has 5 unspecified atom stereocenters. The predicted molar refractivity (Wildman–Crippen MR) is 111 cm³/mol. The van der Waals surface area contributed by atoms with Gasteiger partial charge in [0.2, 0.25) is 0 Å². The first-order valence-corrected chi connectivity index (χ1v) is 10.9. The van der Waals surface area contributed by atoms with E-state index in [1.807, 2.05) is 5.06 Å². The molecule has 0 aromatic rings. The molecule has 1 spiro atoms. The monoisotopic (exact) mass is 412 g/mol. The zero-order valence-electron chi connectivity index (χ0n) is 19.5. The Morgan fingerprint density at radius 3 is 2.17 bits per heavy atom. The van der Waals surface area contributed by atoms with Gasteiger partial charge in [0.05, 0.1) is 17.7 Å². The zero-order valence-corrected chi connectivity index (χ0v) is 19.5. The molecule has 2 saturated heterocycles. The van der Waals surface area contributed by atoms with E-state index >= 15 is 0 Å². The van der Waals surface area contributed by atoms with E-state index in [4.69, 9.17) is 14.3 Å². The van der Waals surface area contributed by atoms with E-state index in [2.05, 4.69) is 46.9 Å². The van der Waals surface area contributed by atoms with Crippen LogP contribution in [0.3, 0.4) is 0 Å². The van der Waals surface area contributed by atoms with Crippen LogP contribution in [0.2, 0.25) is 0 Å². The van der Waals surface area contributed by atoms with E-state index in [-0.39, 0.29) is 34.3 Å². The summed E-state index contributed by atoms with van der Waals surface area (Å²) in [6, 6.07) is 0. The highest BCUT2D eigenvalue weighted by Gasteiger charge is 2.63. The van der Waals surface area contributed by atoms with Gasteiger partial charge in [-0.1, -0.05) is 27.7 Å². The molecule has 2 aliphatic heterocycles. The fraction of sp³-hybridized carbons (Fsp3) is 0.909. The molecule has 0 saturated carbocycles. The van der Waals surface area contributed by atoms with Gasteiger partial charge >= 0.3 is 11.9 Å². The van der Waals surface area contributed by atoms with Crippen LogP contribution in [0.25, 0.3) is 0 Å². The number of ether oxygens (including phenoxy) is 2. The number of piperidine rings is 1. The summed E-state index contributed by atoms with van der Waals surface area (Å²) in [5.74, 6) is -0.489. The SMILES string of the molecule is CCC1(COC(C)=O)CNC2(CC(C)(CC)N(OC(C)=O)C(C)(CC)C2C)OC1. The van der Waals surface area contributed by atoms with Crippen molar-refractivity contribution in [2.75, 3.05) is 19.8 Å². The Balaban J connectivity index is 2.35. The lowest BCUT2D eigenvalue weighted by Gasteiger charge is -2.64. The maximum Gasteiger partial charge on any atom is 0.322 e. The molecule has 5 atom stereocenters. The minimum absolute atomic E-state index is 0.0718. The summed E-state index contributed by atoms with van der Waals surface area (Å²) >= 11 is 0. The number of carbonyl (C=O) groups excluding carboxylic acids is 2. The Kier molecular flexibility index (Phi) is 7.08. The summed E-state index contributed by atoms with van der Waals surface area (Å²) in [4.78, 5) is 29.0. The summed E-state index contributed by atoms with van der Waals surface area (Å²) in [6.07, 6.45) is 3.19. The summed E-state index contributed by atoms with van der Waals surface area (Å²) in [5.41, 5.74) is -1.50. The van der Waals surface area contributed by atoms with Gasteiger partial charge in [-0.05, 0) is 33.1 Å². The number of hydroxylamine groups is 2.